The standard InChI is InChI=1S/C14H27F3N2O/c1-2-20-11-4-3-7-18-8-10-19-9-5-6-13(12-19)14(15,16)17/h13,18H,2-12H2,1H3. The molecule has 1 rings (SSSR count). The van der Waals surface area contributed by atoms with Crippen LogP contribution in [0.1, 0.15) is 32.6 Å². The van der Waals surface area contributed by atoms with E-state index in [-0.39, 0.29) is 13.0 Å². The number of alkyl halides is 3. The number of nitrogens with one attached hydrogen (secondary N) is 1. The number of nitrogens with zero attached hydrogens (tertiary/aromatic N) is 1. The summed E-state index contributed by atoms with van der Waals surface area (Å²) in [4.78, 5) is 1.93. The first-order chi connectivity index (χ1) is 9.54. The average Bonchev–Trinajstić information content (AvgIpc) is 2.41. The number of hydrogen-bond donors (Lipinski definition) is 1. The predicted octanol–water partition coefficient (Wildman–Crippen LogP) is 2.67. The van der Waals surface area contributed by atoms with E-state index in [4.69, 9.17) is 4.74 Å². The summed E-state index contributed by atoms with van der Waals surface area (Å²) in [7, 11) is 0. The lowest BCUT2D eigenvalue weighted by atomic mass is 9.97. The monoisotopic (exact) mass is 296 g/mol. The maximum atomic E-state index is 12.7. The number of likely N-dealkylation sites (tertiary alicyclic amines) is 1. The van der Waals surface area contributed by atoms with Gasteiger partial charge in [-0.05, 0) is 45.7 Å². The zero-order chi connectivity index (χ0) is 14.8. The van der Waals surface area contributed by atoms with Gasteiger partial charge in [0.1, 0.15) is 0 Å². The molecule has 1 aliphatic rings. The fraction of sp³-hybridized carbons (Fsp3) is 1.00. The van der Waals surface area contributed by atoms with Gasteiger partial charge in [-0.25, -0.2) is 0 Å². The van der Waals surface area contributed by atoms with Gasteiger partial charge in [0.25, 0.3) is 0 Å². The SMILES string of the molecule is CCOCCCCNCCN1CCCC(C(F)(F)F)C1. The fourth-order valence-corrected chi connectivity index (χ4v) is 2.49. The van der Waals surface area contributed by atoms with Gasteiger partial charge in [-0.3, -0.25) is 0 Å². The highest BCUT2D eigenvalue weighted by Gasteiger charge is 2.41. The Bertz CT molecular complexity index is 249. The van der Waals surface area contributed by atoms with Gasteiger partial charge < -0.3 is 15.0 Å². The van der Waals surface area contributed by atoms with Crippen molar-refractivity contribution in [2.75, 3.05) is 45.9 Å². The highest BCUT2D eigenvalue weighted by Crippen LogP contribution is 2.32. The molecule has 0 saturated carbocycles. The summed E-state index contributed by atoms with van der Waals surface area (Å²) in [5, 5.41) is 3.28. The van der Waals surface area contributed by atoms with Crippen LogP contribution in [0.25, 0.3) is 0 Å². The van der Waals surface area contributed by atoms with Crippen molar-refractivity contribution in [3.63, 3.8) is 0 Å². The Kier molecular flexibility index (Phi) is 8.49. The minimum absolute atomic E-state index is 0.162. The molecule has 0 spiro atoms. The molecule has 1 aliphatic heterocycles. The highest BCUT2D eigenvalue weighted by atomic mass is 19.4. The van der Waals surface area contributed by atoms with E-state index in [0.717, 1.165) is 45.7 Å². The predicted molar refractivity (Wildman–Crippen MR) is 73.8 cm³/mol. The van der Waals surface area contributed by atoms with Crippen molar-refractivity contribution in [3.8, 4) is 0 Å². The Labute approximate surface area is 119 Å². The zero-order valence-corrected chi connectivity index (χ0v) is 12.3. The van der Waals surface area contributed by atoms with E-state index in [0.29, 0.717) is 13.0 Å². The van der Waals surface area contributed by atoms with Gasteiger partial charge in [-0.15, -0.1) is 0 Å². The van der Waals surface area contributed by atoms with Crippen LogP contribution >= 0.6 is 0 Å². The van der Waals surface area contributed by atoms with Gasteiger partial charge in [-0.2, -0.15) is 13.2 Å². The number of hydrogen-bond acceptors (Lipinski definition) is 3. The highest BCUT2D eigenvalue weighted by molar-refractivity contribution is 4.78. The molecule has 1 fully saturated rings. The molecule has 1 unspecified atom stereocenters. The molecule has 120 valence electrons. The molecular weight excluding hydrogens is 269 g/mol. The van der Waals surface area contributed by atoms with Crippen LogP contribution in [-0.2, 0) is 4.74 Å². The van der Waals surface area contributed by atoms with Crippen LogP contribution in [0, 0.1) is 5.92 Å². The molecule has 0 aromatic heterocycles. The molecule has 0 bridgehead atoms. The van der Waals surface area contributed by atoms with Crippen LogP contribution in [0.15, 0.2) is 0 Å². The van der Waals surface area contributed by atoms with E-state index in [9.17, 15) is 13.2 Å². The normalized spacial score (nSPS) is 21.3. The summed E-state index contributed by atoms with van der Waals surface area (Å²) in [5.74, 6) is -1.14. The average molecular weight is 296 g/mol. The van der Waals surface area contributed by atoms with Crippen molar-refractivity contribution in [1.82, 2.24) is 10.2 Å². The number of ether oxygens (including phenoxy) is 1. The van der Waals surface area contributed by atoms with Crippen LogP contribution in [0.4, 0.5) is 13.2 Å². The van der Waals surface area contributed by atoms with Crippen molar-refractivity contribution in [3.05, 3.63) is 0 Å². The van der Waals surface area contributed by atoms with Crippen LogP contribution in [-0.4, -0.2) is 57.0 Å². The van der Waals surface area contributed by atoms with Crippen molar-refractivity contribution in [2.24, 2.45) is 5.92 Å². The van der Waals surface area contributed by atoms with Crippen molar-refractivity contribution >= 4 is 0 Å². The molecule has 0 aromatic carbocycles. The van der Waals surface area contributed by atoms with Gasteiger partial charge in [0.15, 0.2) is 0 Å². The first kappa shape index (κ1) is 17.7. The molecule has 1 atom stereocenters. The van der Waals surface area contributed by atoms with Gasteiger partial charge >= 0.3 is 6.18 Å². The second-order valence-electron chi connectivity index (χ2n) is 5.34. The van der Waals surface area contributed by atoms with E-state index in [2.05, 4.69) is 5.32 Å². The quantitative estimate of drug-likeness (QED) is 0.662. The lowest BCUT2D eigenvalue weighted by Crippen LogP contribution is -2.44. The molecular formula is C14H27F3N2O. The molecule has 20 heavy (non-hydrogen) atoms. The zero-order valence-electron chi connectivity index (χ0n) is 12.3. The second kappa shape index (κ2) is 9.58. The molecule has 0 aromatic rings. The Balaban J connectivity index is 2.01. The van der Waals surface area contributed by atoms with E-state index in [1.807, 2.05) is 11.8 Å². The largest absolute Gasteiger partial charge is 0.393 e. The summed E-state index contributed by atoms with van der Waals surface area (Å²) in [6, 6.07) is 0. The fourth-order valence-electron chi connectivity index (χ4n) is 2.49. The molecule has 6 heteroatoms. The van der Waals surface area contributed by atoms with Crippen molar-refractivity contribution in [2.45, 2.75) is 38.8 Å². The third-order valence-electron chi connectivity index (χ3n) is 3.67. The summed E-state index contributed by atoms with van der Waals surface area (Å²) >= 11 is 0. The molecule has 3 nitrogen and oxygen atoms in total. The third kappa shape index (κ3) is 7.45. The first-order valence-corrected chi connectivity index (χ1v) is 7.61. The molecule has 1 saturated heterocycles. The smallest absolute Gasteiger partial charge is 0.382 e. The van der Waals surface area contributed by atoms with Gasteiger partial charge in [-0.1, -0.05) is 0 Å². The van der Waals surface area contributed by atoms with Crippen molar-refractivity contribution in [1.29, 1.82) is 0 Å². The van der Waals surface area contributed by atoms with Crippen LogP contribution < -0.4 is 5.32 Å². The lowest BCUT2D eigenvalue weighted by molar-refractivity contribution is -0.186. The first-order valence-electron chi connectivity index (χ1n) is 7.61. The maximum Gasteiger partial charge on any atom is 0.393 e. The molecule has 0 aliphatic carbocycles. The van der Waals surface area contributed by atoms with Gasteiger partial charge in [0.2, 0.25) is 0 Å². The van der Waals surface area contributed by atoms with Gasteiger partial charge in [0.05, 0.1) is 5.92 Å². The topological polar surface area (TPSA) is 24.5 Å². The molecule has 0 radical (unpaired) electrons. The number of rotatable bonds is 9. The maximum absolute atomic E-state index is 12.7. The minimum Gasteiger partial charge on any atom is -0.382 e. The number of unbranched alkanes of at least 4 members (excludes halogenated alkanes) is 1. The van der Waals surface area contributed by atoms with E-state index in [1.54, 1.807) is 0 Å². The summed E-state index contributed by atoms with van der Waals surface area (Å²) in [6.45, 7) is 6.85. The Morgan fingerprint density at radius 3 is 2.75 bits per heavy atom. The minimum atomic E-state index is -4.04. The number of piperidine rings is 1. The summed E-state index contributed by atoms with van der Waals surface area (Å²) in [5.41, 5.74) is 0. The summed E-state index contributed by atoms with van der Waals surface area (Å²) < 4.78 is 43.2. The van der Waals surface area contributed by atoms with Crippen molar-refractivity contribution < 1.29 is 17.9 Å². The Morgan fingerprint density at radius 2 is 2.05 bits per heavy atom. The number of halogens is 3. The lowest BCUT2D eigenvalue weighted by Gasteiger charge is -2.33. The van der Waals surface area contributed by atoms with Gasteiger partial charge in [0, 0.05) is 32.8 Å². The Hall–Kier alpha value is -0.330. The summed E-state index contributed by atoms with van der Waals surface area (Å²) in [6.07, 6.45) is -1.03. The van der Waals surface area contributed by atoms with Crippen LogP contribution in [0.5, 0.6) is 0 Å². The third-order valence-corrected chi connectivity index (χ3v) is 3.67. The molecule has 0 amide bonds. The second-order valence-corrected chi connectivity index (χ2v) is 5.34. The van der Waals surface area contributed by atoms with E-state index < -0.39 is 12.1 Å². The van der Waals surface area contributed by atoms with E-state index >= 15 is 0 Å². The Morgan fingerprint density at radius 1 is 1.25 bits per heavy atom. The van der Waals surface area contributed by atoms with E-state index in [1.165, 1.54) is 0 Å². The van der Waals surface area contributed by atoms with Crippen LogP contribution in [0.3, 0.4) is 0 Å². The van der Waals surface area contributed by atoms with Crippen LogP contribution in [0.2, 0.25) is 0 Å². The molecule has 1 N–H and O–H groups in total. The molecule has 1 heterocycles.